The molecule has 3 rings (SSSR count). The molecule has 0 aliphatic carbocycles. The fourth-order valence-corrected chi connectivity index (χ4v) is 2.97. The molecule has 140 valence electrons. The highest BCUT2D eigenvalue weighted by Gasteiger charge is 2.39. The zero-order valence-electron chi connectivity index (χ0n) is 14.6. The van der Waals surface area contributed by atoms with Gasteiger partial charge in [-0.2, -0.15) is 4.98 Å². The van der Waals surface area contributed by atoms with Gasteiger partial charge in [-0.3, -0.25) is 14.3 Å². The minimum absolute atomic E-state index is 0.0920. The van der Waals surface area contributed by atoms with Crippen molar-refractivity contribution in [3.63, 3.8) is 0 Å². The molecule has 0 bridgehead atoms. The van der Waals surface area contributed by atoms with Crippen molar-refractivity contribution in [2.45, 2.75) is 19.3 Å². The molecule has 1 unspecified atom stereocenters. The Morgan fingerprint density at radius 2 is 2.00 bits per heavy atom. The van der Waals surface area contributed by atoms with E-state index in [4.69, 9.17) is 9.84 Å². The predicted molar refractivity (Wildman–Crippen MR) is 91.4 cm³/mol. The Morgan fingerprint density at radius 3 is 2.62 bits per heavy atom. The molecule has 8 nitrogen and oxygen atoms in total. The molecule has 2 aromatic rings. The van der Waals surface area contributed by atoms with Crippen LogP contribution in [-0.4, -0.2) is 64.2 Å². The van der Waals surface area contributed by atoms with E-state index in [1.807, 2.05) is 0 Å². The van der Waals surface area contributed by atoms with Crippen LogP contribution in [0.25, 0.3) is 0 Å². The molecule has 2 heterocycles. The van der Waals surface area contributed by atoms with Crippen LogP contribution in [0.1, 0.15) is 22.5 Å². The van der Waals surface area contributed by atoms with Crippen molar-refractivity contribution in [3.8, 4) is 6.01 Å². The average molecular weight is 364 g/mol. The van der Waals surface area contributed by atoms with E-state index in [-0.39, 0.29) is 37.2 Å². The first kappa shape index (κ1) is 18.2. The Labute approximate surface area is 150 Å². The molecular formula is C17H21FN4O4. The van der Waals surface area contributed by atoms with Gasteiger partial charge in [0.25, 0.3) is 11.9 Å². The quantitative estimate of drug-likeness (QED) is 0.781. The highest BCUT2D eigenvalue weighted by molar-refractivity contribution is 5.99. The summed E-state index contributed by atoms with van der Waals surface area (Å²) in [6.07, 6.45) is -0.838. The summed E-state index contributed by atoms with van der Waals surface area (Å²) < 4.78 is 20.0. The van der Waals surface area contributed by atoms with Crippen molar-refractivity contribution >= 4 is 11.7 Å². The van der Waals surface area contributed by atoms with Crippen LogP contribution in [0.3, 0.4) is 0 Å². The van der Waals surface area contributed by atoms with Gasteiger partial charge in [0.1, 0.15) is 5.82 Å². The predicted octanol–water partition coefficient (Wildman–Crippen LogP) is 0.629. The van der Waals surface area contributed by atoms with Gasteiger partial charge in [0.2, 0.25) is 6.35 Å². The molecular weight excluding hydrogens is 343 g/mol. The van der Waals surface area contributed by atoms with Crippen molar-refractivity contribution in [1.82, 2.24) is 14.5 Å². The molecule has 1 atom stereocenters. The number of hydrogen-bond donors (Lipinski definition) is 2. The second-order valence-electron chi connectivity index (χ2n) is 6.02. The molecule has 1 aliphatic heterocycles. The van der Waals surface area contributed by atoms with Crippen LogP contribution in [0, 0.1) is 5.82 Å². The largest absolute Gasteiger partial charge is 0.468 e. The lowest BCUT2D eigenvalue weighted by Gasteiger charge is -2.38. The smallest absolute Gasteiger partial charge is 0.299 e. The molecule has 0 radical (unpaired) electrons. The molecule has 0 saturated heterocycles. The molecule has 0 spiro atoms. The van der Waals surface area contributed by atoms with Crippen LogP contribution in [0.2, 0.25) is 0 Å². The molecule has 0 fully saturated rings. The van der Waals surface area contributed by atoms with Gasteiger partial charge in [0.15, 0.2) is 11.5 Å². The zero-order valence-corrected chi connectivity index (χ0v) is 14.6. The first-order valence-corrected chi connectivity index (χ1v) is 8.19. The van der Waals surface area contributed by atoms with E-state index in [1.165, 1.54) is 29.0 Å². The molecule has 1 aromatic heterocycles. The number of anilines is 1. The van der Waals surface area contributed by atoms with Crippen molar-refractivity contribution < 1.29 is 24.1 Å². The van der Waals surface area contributed by atoms with E-state index in [9.17, 15) is 14.3 Å². The second kappa shape index (κ2) is 7.30. The number of amides is 1. The lowest BCUT2D eigenvalue weighted by molar-refractivity contribution is 0.00112. The minimum atomic E-state index is -1.18. The van der Waals surface area contributed by atoms with E-state index in [0.29, 0.717) is 12.2 Å². The Morgan fingerprint density at radius 1 is 1.31 bits per heavy atom. The maximum atomic E-state index is 13.2. The van der Waals surface area contributed by atoms with Crippen LogP contribution in [-0.2, 0) is 6.54 Å². The number of carbonyl (C=O) groups excluding carboxylic acids is 1. The summed E-state index contributed by atoms with van der Waals surface area (Å²) in [4.78, 5) is 20.0. The molecule has 1 aliphatic rings. The van der Waals surface area contributed by atoms with Crippen LogP contribution in [0.4, 0.5) is 10.2 Å². The van der Waals surface area contributed by atoms with Crippen LogP contribution < -0.4 is 9.64 Å². The zero-order chi connectivity index (χ0) is 18.8. The first-order valence-electron chi connectivity index (χ1n) is 8.19. The molecule has 1 amide bonds. The number of ether oxygens (including phenoxy) is 1. The van der Waals surface area contributed by atoms with Gasteiger partial charge < -0.3 is 19.8 Å². The van der Waals surface area contributed by atoms with Gasteiger partial charge in [-0.05, 0) is 24.1 Å². The molecule has 26 heavy (non-hydrogen) atoms. The van der Waals surface area contributed by atoms with E-state index < -0.39 is 12.3 Å². The first-order chi connectivity index (χ1) is 12.5. The number of carbonyl (C=O) groups is 1. The summed E-state index contributed by atoms with van der Waals surface area (Å²) in [7, 11) is 3.07. The Bertz CT molecular complexity index is 793. The van der Waals surface area contributed by atoms with Crippen LogP contribution in [0.5, 0.6) is 6.01 Å². The van der Waals surface area contributed by atoms with Crippen molar-refractivity contribution in [2.24, 2.45) is 0 Å². The summed E-state index contributed by atoms with van der Waals surface area (Å²) in [5, 5.41) is 19.4. The summed E-state index contributed by atoms with van der Waals surface area (Å²) >= 11 is 0. The van der Waals surface area contributed by atoms with Crippen LogP contribution in [0.15, 0.2) is 24.3 Å². The van der Waals surface area contributed by atoms with E-state index in [1.54, 1.807) is 23.7 Å². The maximum Gasteiger partial charge on any atom is 0.299 e. The summed E-state index contributed by atoms with van der Waals surface area (Å²) in [5.41, 5.74) is 1.05. The Kier molecular flexibility index (Phi) is 5.10. The molecule has 0 saturated carbocycles. The molecule has 1 aromatic carbocycles. The third-order valence-corrected chi connectivity index (χ3v) is 4.33. The number of nitrogens with zero attached hydrogens (tertiary/aromatic N) is 4. The van der Waals surface area contributed by atoms with Gasteiger partial charge in [0, 0.05) is 20.2 Å². The fraction of sp³-hybridized carbons (Fsp3) is 0.412. The minimum Gasteiger partial charge on any atom is -0.468 e. The number of rotatable bonds is 6. The third kappa shape index (κ3) is 3.11. The standard InChI is InChI=1S/C17H21FN4O4/c1-20-14-13(15(24)21(17(20)25)8-3-9-23)22(16(19-14)26-2)10-11-4-6-12(18)7-5-11/h4-7,17,23,25H,3,8-10H2,1-2H3. The Hall–Kier alpha value is -2.65. The normalized spacial score (nSPS) is 16.8. The maximum absolute atomic E-state index is 13.2. The monoisotopic (exact) mass is 364 g/mol. The van der Waals surface area contributed by atoms with Gasteiger partial charge in [-0.25, -0.2) is 4.39 Å². The fourth-order valence-electron chi connectivity index (χ4n) is 2.97. The van der Waals surface area contributed by atoms with E-state index >= 15 is 0 Å². The summed E-state index contributed by atoms with van der Waals surface area (Å²) in [5.74, 6) is -0.443. The lowest BCUT2D eigenvalue weighted by Crippen LogP contribution is -2.54. The van der Waals surface area contributed by atoms with E-state index in [2.05, 4.69) is 4.98 Å². The highest BCUT2D eigenvalue weighted by atomic mass is 19.1. The highest BCUT2D eigenvalue weighted by Crippen LogP contribution is 2.33. The van der Waals surface area contributed by atoms with E-state index in [0.717, 1.165) is 5.56 Å². The average Bonchev–Trinajstić information content (AvgIpc) is 3.00. The van der Waals surface area contributed by atoms with Gasteiger partial charge in [-0.15, -0.1) is 0 Å². The third-order valence-electron chi connectivity index (χ3n) is 4.33. The molecule has 2 N–H and O–H groups in total. The topological polar surface area (TPSA) is 91.1 Å². The Balaban J connectivity index is 2.03. The SMILES string of the molecule is COc1nc2c(n1Cc1ccc(F)cc1)C(=O)N(CCCO)C(O)N2C. The number of fused-ring (bicyclic) bond motifs is 1. The number of aliphatic hydroxyl groups is 2. The summed E-state index contributed by atoms with van der Waals surface area (Å²) in [6.45, 7) is 0.366. The molecule has 9 heteroatoms. The van der Waals surface area contributed by atoms with Crippen molar-refractivity contribution in [1.29, 1.82) is 0 Å². The van der Waals surface area contributed by atoms with Gasteiger partial charge in [-0.1, -0.05) is 12.1 Å². The summed E-state index contributed by atoms with van der Waals surface area (Å²) in [6, 6.07) is 6.15. The number of methoxy groups -OCH3 is 1. The number of aromatic nitrogens is 2. The number of hydrogen-bond acceptors (Lipinski definition) is 6. The van der Waals surface area contributed by atoms with Crippen molar-refractivity contribution in [2.75, 3.05) is 32.2 Å². The number of halogens is 1. The number of imidazole rings is 1. The second-order valence-corrected chi connectivity index (χ2v) is 6.02. The lowest BCUT2D eigenvalue weighted by atomic mass is 10.2. The number of aliphatic hydroxyl groups excluding tert-OH is 2. The van der Waals surface area contributed by atoms with Crippen LogP contribution >= 0.6 is 0 Å². The van der Waals surface area contributed by atoms with Gasteiger partial charge in [0.05, 0.1) is 13.7 Å². The number of benzene rings is 1. The van der Waals surface area contributed by atoms with Crippen molar-refractivity contribution in [3.05, 3.63) is 41.3 Å². The van der Waals surface area contributed by atoms with Gasteiger partial charge >= 0.3 is 0 Å².